The summed E-state index contributed by atoms with van der Waals surface area (Å²) in [6.07, 6.45) is 7.70. The van der Waals surface area contributed by atoms with Crippen molar-refractivity contribution < 1.29 is 4.79 Å². The SMILES string of the molecule is O=C(NC[C@H](c1cccs1)N1CCCC1)c1cn(-c2ccccc2)nc1-c1cccnc1. The van der Waals surface area contributed by atoms with E-state index in [1.807, 2.05) is 48.7 Å². The molecule has 1 aliphatic heterocycles. The summed E-state index contributed by atoms with van der Waals surface area (Å²) >= 11 is 1.75. The van der Waals surface area contributed by atoms with Gasteiger partial charge in [-0.2, -0.15) is 5.10 Å². The molecule has 0 saturated carbocycles. The predicted octanol–water partition coefficient (Wildman–Crippen LogP) is 4.56. The first kappa shape index (κ1) is 20.6. The molecule has 0 aliphatic carbocycles. The van der Waals surface area contributed by atoms with Gasteiger partial charge in [0.2, 0.25) is 0 Å². The van der Waals surface area contributed by atoms with Crippen molar-refractivity contribution in [3.8, 4) is 16.9 Å². The van der Waals surface area contributed by atoms with E-state index in [9.17, 15) is 4.79 Å². The van der Waals surface area contributed by atoms with Crippen LogP contribution in [0.2, 0.25) is 0 Å². The van der Waals surface area contributed by atoms with E-state index in [1.165, 1.54) is 17.7 Å². The Morgan fingerprint density at radius 3 is 2.62 bits per heavy atom. The van der Waals surface area contributed by atoms with Crippen molar-refractivity contribution in [1.82, 2.24) is 25.0 Å². The molecule has 1 aromatic carbocycles. The number of hydrogen-bond donors (Lipinski definition) is 1. The van der Waals surface area contributed by atoms with Crippen LogP contribution in [0.1, 0.15) is 34.1 Å². The summed E-state index contributed by atoms with van der Waals surface area (Å²) in [6, 6.07) is 18.1. The second-order valence-electron chi connectivity index (χ2n) is 7.90. The summed E-state index contributed by atoms with van der Waals surface area (Å²) < 4.78 is 1.76. The zero-order chi connectivity index (χ0) is 21.8. The van der Waals surface area contributed by atoms with Crippen LogP contribution in [0.4, 0.5) is 0 Å². The van der Waals surface area contributed by atoms with E-state index in [2.05, 4.69) is 32.7 Å². The van der Waals surface area contributed by atoms with Gasteiger partial charge in [0.1, 0.15) is 5.69 Å². The van der Waals surface area contributed by atoms with Gasteiger partial charge in [-0.15, -0.1) is 11.3 Å². The largest absolute Gasteiger partial charge is 0.350 e. The maximum Gasteiger partial charge on any atom is 0.255 e. The van der Waals surface area contributed by atoms with Gasteiger partial charge in [-0.25, -0.2) is 4.68 Å². The van der Waals surface area contributed by atoms with Gasteiger partial charge in [0, 0.05) is 35.6 Å². The molecule has 1 aliphatic rings. The van der Waals surface area contributed by atoms with E-state index >= 15 is 0 Å². The number of thiophene rings is 1. The molecule has 1 atom stereocenters. The van der Waals surface area contributed by atoms with Gasteiger partial charge >= 0.3 is 0 Å². The lowest BCUT2D eigenvalue weighted by molar-refractivity contribution is 0.0939. The minimum atomic E-state index is -0.119. The summed E-state index contributed by atoms with van der Waals surface area (Å²) in [6.45, 7) is 2.72. The van der Waals surface area contributed by atoms with E-state index in [0.717, 1.165) is 24.3 Å². The van der Waals surface area contributed by atoms with E-state index in [0.29, 0.717) is 17.8 Å². The lowest BCUT2D eigenvalue weighted by Gasteiger charge is -2.26. The van der Waals surface area contributed by atoms with Crippen LogP contribution in [-0.2, 0) is 0 Å². The Bertz CT molecular complexity index is 1150. The molecule has 4 heterocycles. The Labute approximate surface area is 191 Å². The molecule has 162 valence electrons. The average molecular weight is 444 g/mol. The maximum absolute atomic E-state index is 13.4. The number of pyridine rings is 1. The van der Waals surface area contributed by atoms with Crippen molar-refractivity contribution in [3.63, 3.8) is 0 Å². The Balaban J connectivity index is 1.42. The fourth-order valence-corrected chi connectivity index (χ4v) is 5.06. The molecule has 1 saturated heterocycles. The van der Waals surface area contributed by atoms with Gasteiger partial charge in [0.25, 0.3) is 5.91 Å². The van der Waals surface area contributed by atoms with Crippen LogP contribution in [0.15, 0.2) is 78.6 Å². The van der Waals surface area contributed by atoms with E-state index < -0.39 is 0 Å². The van der Waals surface area contributed by atoms with E-state index in [-0.39, 0.29) is 11.9 Å². The zero-order valence-corrected chi connectivity index (χ0v) is 18.5. The molecule has 1 N–H and O–H groups in total. The number of carbonyl (C=O) groups excluding carboxylic acids is 1. The highest BCUT2D eigenvalue weighted by Crippen LogP contribution is 2.28. The topological polar surface area (TPSA) is 63.1 Å². The highest BCUT2D eigenvalue weighted by atomic mass is 32.1. The van der Waals surface area contributed by atoms with Gasteiger partial charge in [0.05, 0.1) is 17.3 Å². The predicted molar refractivity (Wildman–Crippen MR) is 127 cm³/mol. The van der Waals surface area contributed by atoms with Crippen molar-refractivity contribution in [2.45, 2.75) is 18.9 Å². The Morgan fingerprint density at radius 2 is 1.91 bits per heavy atom. The first-order valence-electron chi connectivity index (χ1n) is 10.9. The van der Waals surface area contributed by atoms with Crippen LogP contribution in [0.5, 0.6) is 0 Å². The van der Waals surface area contributed by atoms with Crippen molar-refractivity contribution in [2.24, 2.45) is 0 Å². The second kappa shape index (κ2) is 9.46. The number of hydrogen-bond acceptors (Lipinski definition) is 5. The maximum atomic E-state index is 13.4. The second-order valence-corrected chi connectivity index (χ2v) is 8.88. The summed E-state index contributed by atoms with van der Waals surface area (Å²) in [7, 11) is 0. The number of para-hydroxylation sites is 1. The highest BCUT2D eigenvalue weighted by molar-refractivity contribution is 7.10. The van der Waals surface area contributed by atoms with Gasteiger partial charge in [0.15, 0.2) is 0 Å². The molecule has 0 unspecified atom stereocenters. The third-order valence-electron chi connectivity index (χ3n) is 5.82. The Morgan fingerprint density at radius 1 is 1.06 bits per heavy atom. The van der Waals surface area contributed by atoms with Crippen LogP contribution in [-0.4, -0.2) is 45.2 Å². The van der Waals surface area contributed by atoms with Crippen LogP contribution in [0, 0.1) is 0 Å². The van der Waals surface area contributed by atoms with Gasteiger partial charge in [-0.1, -0.05) is 24.3 Å². The van der Waals surface area contributed by atoms with Crippen molar-refractivity contribution in [3.05, 3.63) is 89.0 Å². The number of carbonyl (C=O) groups is 1. The molecule has 7 heteroatoms. The molecule has 6 nitrogen and oxygen atoms in total. The molecule has 0 spiro atoms. The van der Waals surface area contributed by atoms with Crippen molar-refractivity contribution in [2.75, 3.05) is 19.6 Å². The standard InChI is InChI=1S/C25H25N5OS/c31-25(27-17-22(23-11-7-15-32-23)29-13-4-5-14-29)21-18-30(20-9-2-1-3-10-20)28-24(21)19-8-6-12-26-16-19/h1-3,6-12,15-16,18,22H,4-5,13-14,17H2,(H,27,31)/t22-/m1/s1. The van der Waals surface area contributed by atoms with Gasteiger partial charge in [-0.3, -0.25) is 14.7 Å². The first-order valence-corrected chi connectivity index (χ1v) is 11.8. The average Bonchev–Trinajstić information content (AvgIpc) is 3.63. The van der Waals surface area contributed by atoms with Crippen molar-refractivity contribution in [1.29, 1.82) is 0 Å². The molecule has 3 aromatic heterocycles. The molecule has 0 radical (unpaired) electrons. The normalized spacial score (nSPS) is 15.0. The Hall–Kier alpha value is -3.29. The number of likely N-dealkylation sites (tertiary alicyclic amines) is 1. The first-order chi connectivity index (χ1) is 15.8. The highest BCUT2D eigenvalue weighted by Gasteiger charge is 2.26. The van der Waals surface area contributed by atoms with E-state index in [4.69, 9.17) is 5.10 Å². The number of benzene rings is 1. The minimum Gasteiger partial charge on any atom is -0.350 e. The lowest BCUT2D eigenvalue weighted by atomic mass is 10.1. The lowest BCUT2D eigenvalue weighted by Crippen LogP contribution is -2.36. The minimum absolute atomic E-state index is 0.119. The third kappa shape index (κ3) is 4.35. The molecular formula is C25H25N5OS. The molecule has 5 rings (SSSR count). The summed E-state index contributed by atoms with van der Waals surface area (Å²) in [5.74, 6) is -0.119. The molecule has 0 bridgehead atoms. The molecule has 1 fully saturated rings. The van der Waals surface area contributed by atoms with Crippen LogP contribution < -0.4 is 5.32 Å². The molecule has 4 aromatic rings. The fraction of sp³-hybridized carbons (Fsp3) is 0.240. The summed E-state index contributed by atoms with van der Waals surface area (Å²) in [4.78, 5) is 21.4. The Kier molecular flexibility index (Phi) is 6.09. The number of nitrogens with zero attached hydrogens (tertiary/aromatic N) is 4. The quantitative estimate of drug-likeness (QED) is 0.455. The van der Waals surface area contributed by atoms with Crippen LogP contribution in [0.3, 0.4) is 0 Å². The molecular weight excluding hydrogens is 418 g/mol. The number of amides is 1. The number of nitrogens with one attached hydrogen (secondary N) is 1. The van der Waals surface area contributed by atoms with Gasteiger partial charge in [-0.05, 0) is 61.6 Å². The molecule has 32 heavy (non-hydrogen) atoms. The van der Waals surface area contributed by atoms with Crippen LogP contribution >= 0.6 is 11.3 Å². The summed E-state index contributed by atoms with van der Waals surface area (Å²) in [5, 5.41) is 10.0. The third-order valence-corrected chi connectivity index (χ3v) is 6.80. The monoisotopic (exact) mass is 443 g/mol. The van der Waals surface area contributed by atoms with Crippen molar-refractivity contribution >= 4 is 17.2 Å². The van der Waals surface area contributed by atoms with Gasteiger partial charge < -0.3 is 5.32 Å². The molecule has 1 amide bonds. The van der Waals surface area contributed by atoms with Crippen LogP contribution in [0.25, 0.3) is 16.9 Å². The number of aromatic nitrogens is 3. The summed E-state index contributed by atoms with van der Waals surface area (Å²) in [5.41, 5.74) is 2.91. The zero-order valence-electron chi connectivity index (χ0n) is 17.7. The fourth-order valence-electron chi connectivity index (χ4n) is 4.20. The smallest absolute Gasteiger partial charge is 0.255 e. The number of rotatable bonds is 7. The van der Waals surface area contributed by atoms with E-state index in [1.54, 1.807) is 28.4 Å².